The summed E-state index contributed by atoms with van der Waals surface area (Å²) in [6.07, 6.45) is 0.590. The van der Waals surface area contributed by atoms with Crippen LogP contribution in [0.25, 0.3) is 11.1 Å². The van der Waals surface area contributed by atoms with Crippen molar-refractivity contribution in [1.82, 2.24) is 0 Å². The van der Waals surface area contributed by atoms with Gasteiger partial charge in [-0.05, 0) is 23.1 Å². The number of hydrogen-bond acceptors (Lipinski definition) is 5. The molecule has 0 radical (unpaired) electrons. The lowest BCUT2D eigenvalue weighted by Crippen LogP contribution is -1.96. The van der Waals surface area contributed by atoms with Crippen LogP contribution >= 0.6 is 11.3 Å². The van der Waals surface area contributed by atoms with Gasteiger partial charge in [0.15, 0.2) is 6.29 Å². The topological polar surface area (TPSA) is 63.6 Å². The summed E-state index contributed by atoms with van der Waals surface area (Å²) in [5.41, 5.74) is 1.42. The standard InChI is InChI=1S/C13H10O4S/c1-17-13(16)11-5-9(7-18-11)10-4-2-3-8(6-14)12(10)15/h2-7,15H,1H3. The second-order valence-electron chi connectivity index (χ2n) is 3.55. The number of methoxy groups -OCH3 is 1. The molecule has 1 heterocycles. The first-order chi connectivity index (χ1) is 8.67. The molecule has 0 atom stereocenters. The molecule has 0 spiro atoms. The monoisotopic (exact) mass is 262 g/mol. The molecule has 2 aromatic rings. The third kappa shape index (κ3) is 2.12. The number of carbonyl (C=O) groups is 2. The maximum atomic E-state index is 11.3. The first-order valence-electron chi connectivity index (χ1n) is 5.11. The quantitative estimate of drug-likeness (QED) is 0.682. The molecule has 0 unspecified atom stereocenters. The van der Waals surface area contributed by atoms with Gasteiger partial charge in [0, 0.05) is 5.56 Å². The molecule has 0 aliphatic carbocycles. The van der Waals surface area contributed by atoms with E-state index in [4.69, 9.17) is 0 Å². The van der Waals surface area contributed by atoms with Crippen molar-refractivity contribution in [3.63, 3.8) is 0 Å². The second-order valence-corrected chi connectivity index (χ2v) is 4.46. The molecule has 2 rings (SSSR count). The van der Waals surface area contributed by atoms with Crippen LogP contribution in [0.3, 0.4) is 0 Å². The molecular weight excluding hydrogens is 252 g/mol. The van der Waals surface area contributed by atoms with Crippen molar-refractivity contribution in [1.29, 1.82) is 0 Å². The van der Waals surface area contributed by atoms with Crippen molar-refractivity contribution in [2.24, 2.45) is 0 Å². The maximum absolute atomic E-state index is 11.3. The molecule has 0 aliphatic rings. The summed E-state index contributed by atoms with van der Waals surface area (Å²) in [6, 6.07) is 6.51. The summed E-state index contributed by atoms with van der Waals surface area (Å²) < 4.78 is 4.61. The molecule has 4 nitrogen and oxygen atoms in total. The van der Waals surface area contributed by atoms with E-state index >= 15 is 0 Å². The highest BCUT2D eigenvalue weighted by molar-refractivity contribution is 7.12. The fourth-order valence-electron chi connectivity index (χ4n) is 1.57. The van der Waals surface area contributed by atoms with Gasteiger partial charge < -0.3 is 9.84 Å². The molecule has 1 aromatic carbocycles. The number of aldehydes is 1. The van der Waals surface area contributed by atoms with E-state index in [9.17, 15) is 14.7 Å². The van der Waals surface area contributed by atoms with Crippen LogP contribution in [0, 0.1) is 0 Å². The van der Waals surface area contributed by atoms with Gasteiger partial charge in [-0.15, -0.1) is 11.3 Å². The Morgan fingerprint density at radius 2 is 2.22 bits per heavy atom. The van der Waals surface area contributed by atoms with Gasteiger partial charge in [0.05, 0.1) is 12.7 Å². The van der Waals surface area contributed by atoms with E-state index in [0.29, 0.717) is 22.3 Å². The van der Waals surface area contributed by atoms with E-state index in [1.807, 2.05) is 0 Å². The summed E-state index contributed by atoms with van der Waals surface area (Å²) in [4.78, 5) is 22.5. The highest BCUT2D eigenvalue weighted by atomic mass is 32.1. The number of hydrogen-bond donors (Lipinski definition) is 1. The summed E-state index contributed by atoms with van der Waals surface area (Å²) in [5, 5.41) is 11.6. The smallest absolute Gasteiger partial charge is 0.348 e. The molecule has 5 heteroatoms. The molecule has 1 aromatic heterocycles. The van der Waals surface area contributed by atoms with Gasteiger partial charge in [0.1, 0.15) is 10.6 Å². The molecular formula is C13H10O4S. The lowest BCUT2D eigenvalue weighted by atomic mass is 10.0. The third-order valence-electron chi connectivity index (χ3n) is 2.49. The van der Waals surface area contributed by atoms with Crippen LogP contribution in [0.5, 0.6) is 5.75 Å². The number of para-hydroxylation sites is 1. The fourth-order valence-corrected chi connectivity index (χ4v) is 2.40. The van der Waals surface area contributed by atoms with E-state index < -0.39 is 5.97 Å². The number of ether oxygens (including phenoxy) is 1. The van der Waals surface area contributed by atoms with Crippen LogP contribution in [0.4, 0.5) is 0 Å². The van der Waals surface area contributed by atoms with Crippen molar-refractivity contribution >= 4 is 23.6 Å². The largest absolute Gasteiger partial charge is 0.507 e. The Labute approximate surface area is 107 Å². The van der Waals surface area contributed by atoms with Crippen LogP contribution in [0.2, 0.25) is 0 Å². The fraction of sp³-hybridized carbons (Fsp3) is 0.0769. The average molecular weight is 262 g/mol. The lowest BCUT2D eigenvalue weighted by molar-refractivity contribution is 0.0606. The number of aromatic hydroxyl groups is 1. The number of phenolic OH excluding ortho intramolecular Hbond substituents is 1. The Morgan fingerprint density at radius 1 is 1.44 bits per heavy atom. The number of benzene rings is 1. The molecule has 0 fully saturated rings. The minimum atomic E-state index is -0.419. The second kappa shape index (κ2) is 5.01. The Hall–Kier alpha value is -2.14. The molecule has 0 aliphatic heterocycles. The number of thiophene rings is 1. The van der Waals surface area contributed by atoms with E-state index in [-0.39, 0.29) is 11.3 Å². The summed E-state index contributed by atoms with van der Waals surface area (Å²) in [5.74, 6) is -0.501. The van der Waals surface area contributed by atoms with Gasteiger partial charge >= 0.3 is 5.97 Å². The Balaban J connectivity index is 2.46. The highest BCUT2D eigenvalue weighted by Crippen LogP contribution is 2.34. The van der Waals surface area contributed by atoms with E-state index in [2.05, 4.69) is 4.74 Å². The van der Waals surface area contributed by atoms with Gasteiger partial charge in [0.25, 0.3) is 0 Å². The number of esters is 1. The normalized spacial score (nSPS) is 10.1. The van der Waals surface area contributed by atoms with Crippen LogP contribution in [0.1, 0.15) is 20.0 Å². The molecule has 0 bridgehead atoms. The van der Waals surface area contributed by atoms with Crippen LogP contribution in [-0.2, 0) is 4.74 Å². The van der Waals surface area contributed by atoms with Gasteiger partial charge in [-0.1, -0.05) is 12.1 Å². The zero-order valence-corrected chi connectivity index (χ0v) is 10.4. The lowest BCUT2D eigenvalue weighted by Gasteiger charge is -2.03. The average Bonchev–Trinajstić information content (AvgIpc) is 2.87. The molecule has 92 valence electrons. The molecule has 0 saturated heterocycles. The van der Waals surface area contributed by atoms with Crippen molar-refractivity contribution in [2.75, 3.05) is 7.11 Å². The Bertz CT molecular complexity index is 601. The van der Waals surface area contributed by atoms with Crippen LogP contribution in [-0.4, -0.2) is 24.5 Å². The van der Waals surface area contributed by atoms with Crippen LogP contribution < -0.4 is 0 Å². The van der Waals surface area contributed by atoms with E-state index in [1.165, 1.54) is 24.5 Å². The predicted octanol–water partition coefficient (Wildman–Crippen LogP) is 2.72. The summed E-state index contributed by atoms with van der Waals surface area (Å²) in [6.45, 7) is 0. The molecule has 18 heavy (non-hydrogen) atoms. The number of phenols is 1. The Morgan fingerprint density at radius 3 is 2.89 bits per heavy atom. The first-order valence-corrected chi connectivity index (χ1v) is 5.99. The van der Waals surface area contributed by atoms with Gasteiger partial charge in [-0.2, -0.15) is 0 Å². The summed E-state index contributed by atoms with van der Waals surface area (Å²) >= 11 is 1.23. The zero-order valence-electron chi connectivity index (χ0n) is 9.54. The van der Waals surface area contributed by atoms with Crippen molar-refractivity contribution < 1.29 is 19.4 Å². The minimum absolute atomic E-state index is 0.0817. The Kier molecular flexibility index (Phi) is 3.43. The third-order valence-corrected chi connectivity index (χ3v) is 3.40. The molecule has 1 N–H and O–H groups in total. The first kappa shape index (κ1) is 12.3. The number of carbonyl (C=O) groups excluding carboxylic acids is 2. The van der Waals surface area contributed by atoms with Gasteiger partial charge in [-0.25, -0.2) is 4.79 Å². The van der Waals surface area contributed by atoms with Gasteiger partial charge in [-0.3, -0.25) is 4.79 Å². The highest BCUT2D eigenvalue weighted by Gasteiger charge is 2.13. The van der Waals surface area contributed by atoms with Crippen molar-refractivity contribution in [3.8, 4) is 16.9 Å². The van der Waals surface area contributed by atoms with Crippen LogP contribution in [0.15, 0.2) is 29.6 Å². The summed E-state index contributed by atoms with van der Waals surface area (Å²) in [7, 11) is 1.31. The zero-order chi connectivity index (χ0) is 13.1. The van der Waals surface area contributed by atoms with Crippen molar-refractivity contribution in [3.05, 3.63) is 40.1 Å². The maximum Gasteiger partial charge on any atom is 0.348 e. The predicted molar refractivity (Wildman–Crippen MR) is 68.1 cm³/mol. The van der Waals surface area contributed by atoms with Crippen molar-refractivity contribution in [2.45, 2.75) is 0 Å². The SMILES string of the molecule is COC(=O)c1cc(-c2cccc(C=O)c2O)cs1. The minimum Gasteiger partial charge on any atom is -0.507 e. The molecule has 0 saturated carbocycles. The van der Waals surface area contributed by atoms with Gasteiger partial charge in [0.2, 0.25) is 0 Å². The number of rotatable bonds is 3. The van der Waals surface area contributed by atoms with E-state index in [1.54, 1.807) is 23.6 Å². The van der Waals surface area contributed by atoms with E-state index in [0.717, 1.165) is 0 Å². The molecule has 0 amide bonds.